The highest BCUT2D eigenvalue weighted by Crippen LogP contribution is 2.35. The molecule has 0 aliphatic heterocycles. The van der Waals surface area contributed by atoms with Gasteiger partial charge >= 0.3 is 0 Å². The van der Waals surface area contributed by atoms with Crippen molar-refractivity contribution < 1.29 is 5.11 Å². The van der Waals surface area contributed by atoms with Crippen molar-refractivity contribution in [1.82, 2.24) is 0 Å². The first kappa shape index (κ1) is 11.3. The SMILES string of the molecule is OC(CC1CCC1)c1cc(Cl)cc(Cl)c1. The fraction of sp³-hybridized carbons (Fsp3) is 0.500. The molecular formula is C12H14Cl2O. The van der Waals surface area contributed by atoms with Crippen LogP contribution in [0.25, 0.3) is 0 Å². The normalized spacial score (nSPS) is 18.6. The minimum Gasteiger partial charge on any atom is -0.388 e. The molecule has 1 aromatic rings. The Hall–Kier alpha value is -0.240. The van der Waals surface area contributed by atoms with Crippen LogP contribution < -0.4 is 0 Å². The van der Waals surface area contributed by atoms with Gasteiger partial charge in [-0.15, -0.1) is 0 Å². The maximum absolute atomic E-state index is 9.99. The topological polar surface area (TPSA) is 20.2 Å². The van der Waals surface area contributed by atoms with Crippen molar-refractivity contribution in [3.05, 3.63) is 33.8 Å². The largest absolute Gasteiger partial charge is 0.388 e. The van der Waals surface area contributed by atoms with E-state index in [1.54, 1.807) is 18.2 Å². The molecule has 3 heteroatoms. The summed E-state index contributed by atoms with van der Waals surface area (Å²) in [5.41, 5.74) is 0.833. The Morgan fingerprint density at radius 3 is 2.27 bits per heavy atom. The summed E-state index contributed by atoms with van der Waals surface area (Å²) in [4.78, 5) is 0. The number of halogens is 2. The molecule has 1 nitrogen and oxygen atoms in total. The molecule has 0 bridgehead atoms. The van der Waals surface area contributed by atoms with Gasteiger partial charge in [-0.05, 0) is 36.1 Å². The van der Waals surface area contributed by atoms with Crippen molar-refractivity contribution in [1.29, 1.82) is 0 Å². The van der Waals surface area contributed by atoms with Gasteiger partial charge in [-0.3, -0.25) is 0 Å². The molecule has 1 fully saturated rings. The van der Waals surface area contributed by atoms with Crippen molar-refractivity contribution in [3.8, 4) is 0 Å². The van der Waals surface area contributed by atoms with Gasteiger partial charge in [0.1, 0.15) is 0 Å². The molecule has 0 amide bonds. The van der Waals surface area contributed by atoms with E-state index < -0.39 is 6.10 Å². The van der Waals surface area contributed by atoms with Crippen LogP contribution in [-0.4, -0.2) is 5.11 Å². The molecular weight excluding hydrogens is 231 g/mol. The predicted molar refractivity (Wildman–Crippen MR) is 63.4 cm³/mol. The molecule has 1 aliphatic rings. The summed E-state index contributed by atoms with van der Waals surface area (Å²) in [5.74, 6) is 0.678. The Kier molecular flexibility index (Phi) is 3.55. The Balaban J connectivity index is 2.06. The summed E-state index contributed by atoms with van der Waals surface area (Å²) in [6.07, 6.45) is 4.19. The van der Waals surface area contributed by atoms with Crippen LogP contribution in [0.4, 0.5) is 0 Å². The number of benzene rings is 1. The Morgan fingerprint density at radius 1 is 1.20 bits per heavy atom. The summed E-state index contributed by atoms with van der Waals surface area (Å²) >= 11 is 11.8. The van der Waals surface area contributed by atoms with Crippen molar-refractivity contribution >= 4 is 23.2 Å². The van der Waals surface area contributed by atoms with Crippen LogP contribution in [0.2, 0.25) is 10.0 Å². The Labute approximate surface area is 100 Å². The summed E-state index contributed by atoms with van der Waals surface area (Å²) < 4.78 is 0. The molecule has 0 aromatic heterocycles. The summed E-state index contributed by atoms with van der Waals surface area (Å²) in [6, 6.07) is 5.26. The van der Waals surface area contributed by atoms with E-state index in [2.05, 4.69) is 0 Å². The lowest BCUT2D eigenvalue weighted by atomic mass is 9.80. The zero-order valence-electron chi connectivity index (χ0n) is 8.42. The van der Waals surface area contributed by atoms with Gasteiger partial charge in [-0.1, -0.05) is 42.5 Å². The van der Waals surface area contributed by atoms with Crippen LogP contribution in [-0.2, 0) is 0 Å². The fourth-order valence-electron chi connectivity index (χ4n) is 1.95. The predicted octanol–water partition coefficient (Wildman–Crippen LogP) is 4.22. The third-order valence-electron chi connectivity index (χ3n) is 3.05. The lowest BCUT2D eigenvalue weighted by Gasteiger charge is -2.27. The van der Waals surface area contributed by atoms with Gasteiger partial charge in [0.05, 0.1) is 6.10 Å². The van der Waals surface area contributed by atoms with E-state index in [4.69, 9.17) is 23.2 Å². The van der Waals surface area contributed by atoms with Gasteiger partial charge in [0.25, 0.3) is 0 Å². The van der Waals surface area contributed by atoms with Crippen LogP contribution in [0.3, 0.4) is 0 Å². The van der Waals surface area contributed by atoms with Gasteiger partial charge in [-0.2, -0.15) is 0 Å². The van der Waals surface area contributed by atoms with Crippen LogP contribution in [0.5, 0.6) is 0 Å². The molecule has 2 rings (SSSR count). The van der Waals surface area contributed by atoms with Crippen molar-refractivity contribution in [2.75, 3.05) is 0 Å². The lowest BCUT2D eigenvalue weighted by molar-refractivity contribution is 0.118. The van der Waals surface area contributed by atoms with Gasteiger partial charge in [0, 0.05) is 10.0 Å². The van der Waals surface area contributed by atoms with Crippen molar-refractivity contribution in [3.63, 3.8) is 0 Å². The first-order valence-corrected chi connectivity index (χ1v) is 6.05. The third-order valence-corrected chi connectivity index (χ3v) is 3.49. The smallest absolute Gasteiger partial charge is 0.0793 e. The lowest BCUT2D eigenvalue weighted by Crippen LogP contribution is -2.14. The first-order valence-electron chi connectivity index (χ1n) is 5.29. The highest BCUT2D eigenvalue weighted by atomic mass is 35.5. The number of hydrogen-bond acceptors (Lipinski definition) is 1. The molecule has 0 spiro atoms. The minimum absolute atomic E-state index is 0.425. The second kappa shape index (κ2) is 4.73. The maximum Gasteiger partial charge on any atom is 0.0793 e. The minimum atomic E-state index is -0.425. The average Bonchev–Trinajstić information content (AvgIpc) is 2.09. The molecule has 0 heterocycles. The average molecular weight is 245 g/mol. The Morgan fingerprint density at radius 2 is 1.80 bits per heavy atom. The fourth-order valence-corrected chi connectivity index (χ4v) is 2.49. The van der Waals surface area contributed by atoms with Crippen molar-refractivity contribution in [2.45, 2.75) is 31.8 Å². The third kappa shape index (κ3) is 2.87. The maximum atomic E-state index is 9.99. The molecule has 1 N–H and O–H groups in total. The van der Waals surface area contributed by atoms with E-state index >= 15 is 0 Å². The molecule has 1 atom stereocenters. The molecule has 1 saturated carbocycles. The van der Waals surface area contributed by atoms with E-state index in [1.165, 1.54) is 19.3 Å². The van der Waals surface area contributed by atoms with Crippen molar-refractivity contribution in [2.24, 2.45) is 5.92 Å². The highest BCUT2D eigenvalue weighted by Gasteiger charge is 2.22. The van der Waals surface area contributed by atoms with Crippen LogP contribution in [0.1, 0.15) is 37.4 Å². The molecule has 82 valence electrons. The van der Waals surface area contributed by atoms with Gasteiger partial charge in [-0.25, -0.2) is 0 Å². The summed E-state index contributed by atoms with van der Waals surface area (Å²) in [5, 5.41) is 11.2. The van der Waals surface area contributed by atoms with E-state index in [0.717, 1.165) is 12.0 Å². The zero-order chi connectivity index (χ0) is 10.8. The van der Waals surface area contributed by atoms with E-state index in [0.29, 0.717) is 16.0 Å². The van der Waals surface area contributed by atoms with E-state index in [-0.39, 0.29) is 0 Å². The first-order chi connectivity index (χ1) is 7.15. The quantitative estimate of drug-likeness (QED) is 0.845. The molecule has 1 aromatic carbocycles. The number of hydrogen-bond donors (Lipinski definition) is 1. The number of rotatable bonds is 3. The molecule has 0 saturated heterocycles. The molecule has 15 heavy (non-hydrogen) atoms. The highest BCUT2D eigenvalue weighted by molar-refractivity contribution is 6.34. The Bertz CT molecular complexity index is 327. The van der Waals surface area contributed by atoms with Gasteiger partial charge in [0.15, 0.2) is 0 Å². The van der Waals surface area contributed by atoms with Gasteiger partial charge in [0.2, 0.25) is 0 Å². The molecule has 1 unspecified atom stereocenters. The van der Waals surface area contributed by atoms with Crippen LogP contribution in [0, 0.1) is 5.92 Å². The standard InChI is InChI=1S/C12H14Cl2O/c13-10-5-9(6-11(14)7-10)12(15)4-8-2-1-3-8/h5-8,12,15H,1-4H2. The van der Waals surface area contributed by atoms with E-state index in [9.17, 15) is 5.11 Å². The second-order valence-electron chi connectivity index (χ2n) is 4.25. The molecule has 1 aliphatic carbocycles. The zero-order valence-corrected chi connectivity index (χ0v) is 9.93. The van der Waals surface area contributed by atoms with E-state index in [1.807, 2.05) is 0 Å². The second-order valence-corrected chi connectivity index (χ2v) is 5.12. The number of aliphatic hydroxyl groups is 1. The summed E-state index contributed by atoms with van der Waals surface area (Å²) in [7, 11) is 0. The monoisotopic (exact) mass is 244 g/mol. The van der Waals surface area contributed by atoms with Gasteiger partial charge < -0.3 is 5.11 Å². The molecule has 0 radical (unpaired) electrons. The van der Waals surface area contributed by atoms with Crippen LogP contribution in [0.15, 0.2) is 18.2 Å². The van der Waals surface area contributed by atoms with Crippen LogP contribution >= 0.6 is 23.2 Å². The number of aliphatic hydroxyl groups excluding tert-OH is 1. The summed E-state index contributed by atoms with van der Waals surface area (Å²) in [6.45, 7) is 0.